The number of hydrogen-bond donors (Lipinski definition) is 1. The molecule has 1 aromatic carbocycles. The first-order valence-electron chi connectivity index (χ1n) is 6.23. The van der Waals surface area contributed by atoms with E-state index < -0.39 is 11.9 Å². The summed E-state index contributed by atoms with van der Waals surface area (Å²) in [6.07, 6.45) is -0.439. The van der Waals surface area contributed by atoms with E-state index in [-0.39, 0.29) is 10.4 Å². The maximum Gasteiger partial charge on any atom is 0.142 e. The first-order chi connectivity index (χ1) is 9.29. The van der Waals surface area contributed by atoms with Crippen LogP contribution >= 0.6 is 23.1 Å². The molecule has 1 atom stereocenters. The third-order valence-corrected chi connectivity index (χ3v) is 4.07. The molecule has 0 spiro atoms. The van der Waals surface area contributed by atoms with E-state index in [0.29, 0.717) is 12.0 Å². The Balaban J connectivity index is 2.22. The number of aliphatic hydroxyl groups excluding tert-OH is 1. The molecule has 0 amide bonds. The monoisotopic (exact) mass is 314 g/mol. The van der Waals surface area contributed by atoms with Gasteiger partial charge in [-0.2, -0.15) is 0 Å². The van der Waals surface area contributed by atoms with E-state index in [1.54, 1.807) is 6.07 Å². The molecule has 3 nitrogen and oxygen atoms in total. The highest BCUT2D eigenvalue weighted by Gasteiger charge is 2.26. The maximum absolute atomic E-state index is 13.4. The molecule has 0 saturated carbocycles. The van der Waals surface area contributed by atoms with Crippen LogP contribution in [0, 0.1) is 5.82 Å². The van der Waals surface area contributed by atoms with E-state index in [1.807, 2.05) is 20.8 Å². The predicted octanol–water partition coefficient (Wildman–Crippen LogP) is 3.90. The zero-order valence-corrected chi connectivity index (χ0v) is 13.1. The van der Waals surface area contributed by atoms with E-state index in [4.69, 9.17) is 11.6 Å². The van der Waals surface area contributed by atoms with Crippen LogP contribution in [0.2, 0.25) is 5.02 Å². The van der Waals surface area contributed by atoms with Gasteiger partial charge < -0.3 is 5.11 Å². The van der Waals surface area contributed by atoms with Crippen molar-refractivity contribution in [2.45, 2.75) is 38.7 Å². The number of nitrogens with zero attached hydrogens (tertiary/aromatic N) is 2. The summed E-state index contributed by atoms with van der Waals surface area (Å²) in [5, 5.41) is 14.5. The van der Waals surface area contributed by atoms with Crippen LogP contribution in [0.1, 0.15) is 43.0 Å². The second-order valence-electron chi connectivity index (χ2n) is 5.70. The van der Waals surface area contributed by atoms with Crippen molar-refractivity contribution in [3.63, 3.8) is 0 Å². The van der Waals surface area contributed by atoms with Crippen molar-refractivity contribution in [3.8, 4) is 0 Å². The normalized spacial score (nSPS) is 13.5. The number of aromatic nitrogens is 2. The fourth-order valence-electron chi connectivity index (χ4n) is 1.92. The van der Waals surface area contributed by atoms with E-state index in [0.717, 1.165) is 10.6 Å². The van der Waals surface area contributed by atoms with E-state index >= 15 is 0 Å². The van der Waals surface area contributed by atoms with Crippen molar-refractivity contribution in [1.29, 1.82) is 0 Å². The van der Waals surface area contributed by atoms with Crippen molar-refractivity contribution in [3.05, 3.63) is 45.2 Å². The van der Waals surface area contributed by atoms with Gasteiger partial charge in [0.05, 0.1) is 21.7 Å². The molecule has 108 valence electrons. The fourth-order valence-corrected chi connectivity index (χ4v) is 2.89. The van der Waals surface area contributed by atoms with Crippen molar-refractivity contribution in [2.24, 2.45) is 0 Å². The van der Waals surface area contributed by atoms with E-state index in [1.165, 1.54) is 23.7 Å². The predicted molar refractivity (Wildman–Crippen MR) is 78.7 cm³/mol. The molecule has 0 bridgehead atoms. The lowest BCUT2D eigenvalue weighted by molar-refractivity contribution is 0.179. The second-order valence-corrected chi connectivity index (χ2v) is 6.90. The summed E-state index contributed by atoms with van der Waals surface area (Å²) in [5.41, 5.74) is 1.28. The van der Waals surface area contributed by atoms with Crippen LogP contribution in [0.5, 0.6) is 0 Å². The summed E-state index contributed by atoms with van der Waals surface area (Å²) < 4.78 is 17.3. The first kappa shape index (κ1) is 15.4. The Bertz CT molecular complexity index is 609. The Labute approximate surface area is 126 Å². The summed E-state index contributed by atoms with van der Waals surface area (Å²) in [7, 11) is 0. The van der Waals surface area contributed by atoms with Gasteiger partial charge in [0.15, 0.2) is 0 Å². The fraction of sp³-hybridized carbons (Fsp3) is 0.429. The Hall–Kier alpha value is -1.04. The summed E-state index contributed by atoms with van der Waals surface area (Å²) in [6.45, 7) is 6.05. The van der Waals surface area contributed by atoms with Gasteiger partial charge in [-0.3, -0.25) is 0 Å². The van der Waals surface area contributed by atoms with Crippen molar-refractivity contribution >= 4 is 23.1 Å². The van der Waals surface area contributed by atoms with Gasteiger partial charge in [0.2, 0.25) is 0 Å². The largest absolute Gasteiger partial charge is 0.387 e. The van der Waals surface area contributed by atoms with Gasteiger partial charge in [-0.05, 0) is 29.2 Å². The van der Waals surface area contributed by atoms with Crippen molar-refractivity contribution in [2.75, 3.05) is 0 Å². The molecule has 0 aliphatic rings. The lowest BCUT2D eigenvalue weighted by Crippen LogP contribution is -2.16. The van der Waals surface area contributed by atoms with Crippen LogP contribution in [0.4, 0.5) is 4.39 Å². The van der Waals surface area contributed by atoms with Crippen LogP contribution in [0.15, 0.2) is 18.2 Å². The van der Waals surface area contributed by atoms with Gasteiger partial charge in [-0.25, -0.2) is 4.39 Å². The minimum Gasteiger partial charge on any atom is -0.387 e. The summed E-state index contributed by atoms with van der Waals surface area (Å²) in [5.74, 6) is -0.477. The lowest BCUT2D eigenvalue weighted by Gasteiger charge is -2.19. The molecule has 1 N–H and O–H groups in total. The maximum atomic E-state index is 13.4. The molecule has 1 unspecified atom stereocenters. The topological polar surface area (TPSA) is 46.0 Å². The molecule has 1 heterocycles. The number of hydrogen-bond acceptors (Lipinski definition) is 4. The molecule has 0 aliphatic carbocycles. The molecule has 0 aliphatic heterocycles. The molecule has 2 rings (SSSR count). The first-order valence-corrected chi connectivity index (χ1v) is 7.39. The molecule has 0 radical (unpaired) electrons. The SMILES string of the molecule is CC(C)(C)c1nnsc1C(O)Cc1ccc(Cl)c(F)c1. The number of aliphatic hydroxyl groups is 1. The Morgan fingerprint density at radius 1 is 1.40 bits per heavy atom. The highest BCUT2D eigenvalue weighted by Crippen LogP contribution is 2.32. The Morgan fingerprint density at radius 2 is 2.10 bits per heavy atom. The number of rotatable bonds is 3. The van der Waals surface area contributed by atoms with Gasteiger partial charge in [0, 0.05) is 11.8 Å². The molecule has 0 saturated heterocycles. The summed E-state index contributed by atoms with van der Waals surface area (Å²) in [6, 6.07) is 4.55. The minimum atomic E-state index is -0.746. The zero-order valence-electron chi connectivity index (χ0n) is 11.5. The van der Waals surface area contributed by atoms with Gasteiger partial charge in [0.1, 0.15) is 5.82 Å². The van der Waals surface area contributed by atoms with Crippen LogP contribution in [0.3, 0.4) is 0 Å². The molecule has 20 heavy (non-hydrogen) atoms. The van der Waals surface area contributed by atoms with Gasteiger partial charge in [-0.1, -0.05) is 42.9 Å². The summed E-state index contributed by atoms with van der Waals surface area (Å²) >= 11 is 6.83. The van der Waals surface area contributed by atoms with E-state index in [9.17, 15) is 9.50 Å². The quantitative estimate of drug-likeness (QED) is 0.934. The Kier molecular flexibility index (Phi) is 4.42. The third kappa shape index (κ3) is 3.34. The zero-order chi connectivity index (χ0) is 14.9. The minimum absolute atomic E-state index is 0.0816. The smallest absolute Gasteiger partial charge is 0.142 e. The molecular weight excluding hydrogens is 299 g/mol. The second kappa shape index (κ2) is 5.76. The average Bonchev–Trinajstić information content (AvgIpc) is 2.83. The molecular formula is C14H16ClFN2OS. The van der Waals surface area contributed by atoms with Gasteiger partial charge in [0.25, 0.3) is 0 Å². The highest BCUT2D eigenvalue weighted by atomic mass is 35.5. The molecule has 2 aromatic rings. The average molecular weight is 315 g/mol. The molecule has 6 heteroatoms. The van der Waals surface area contributed by atoms with Gasteiger partial charge in [-0.15, -0.1) is 5.10 Å². The molecule has 1 aromatic heterocycles. The van der Waals surface area contributed by atoms with Gasteiger partial charge >= 0.3 is 0 Å². The number of halogens is 2. The van der Waals surface area contributed by atoms with Crippen molar-refractivity contribution < 1.29 is 9.50 Å². The van der Waals surface area contributed by atoms with Crippen LogP contribution < -0.4 is 0 Å². The van der Waals surface area contributed by atoms with Crippen LogP contribution in [-0.4, -0.2) is 14.7 Å². The summed E-state index contributed by atoms with van der Waals surface area (Å²) in [4.78, 5) is 0.729. The Morgan fingerprint density at radius 3 is 2.70 bits per heavy atom. The highest BCUT2D eigenvalue weighted by molar-refractivity contribution is 7.05. The van der Waals surface area contributed by atoms with Crippen LogP contribution in [-0.2, 0) is 11.8 Å². The van der Waals surface area contributed by atoms with E-state index in [2.05, 4.69) is 9.59 Å². The molecule has 0 fully saturated rings. The van der Waals surface area contributed by atoms with Crippen molar-refractivity contribution in [1.82, 2.24) is 9.59 Å². The standard InChI is InChI=1S/C14H16ClFN2OS/c1-14(2,3)13-12(20-18-17-13)11(19)7-8-4-5-9(15)10(16)6-8/h4-6,11,19H,7H2,1-3H3. The van der Waals surface area contributed by atoms with Crippen LogP contribution in [0.25, 0.3) is 0 Å². The lowest BCUT2D eigenvalue weighted by atomic mass is 9.89. The number of benzene rings is 1. The third-order valence-electron chi connectivity index (χ3n) is 2.94.